The molecule has 5 atom stereocenters. The molecule has 1 N–H and O–H groups in total. The van der Waals surface area contributed by atoms with Gasteiger partial charge in [-0.2, -0.15) is 0 Å². The Hall–Kier alpha value is -2.58. The van der Waals surface area contributed by atoms with E-state index in [1.54, 1.807) is 28.6 Å². The molecule has 1 spiro atoms. The maximum Gasteiger partial charge on any atom is 0.251 e. The molecular weight excluding hydrogens is 438 g/mol. The Kier molecular flexibility index (Phi) is 5.40. The fraction of sp³-hybridized carbons (Fsp3) is 0.480. The average Bonchev–Trinajstić information content (AvgIpc) is 3.10. The number of hydrogen-bond acceptors (Lipinski definition) is 5. The molecule has 5 rings (SSSR count). The van der Waals surface area contributed by atoms with Crippen LogP contribution in [0.25, 0.3) is 0 Å². The molecule has 2 fully saturated rings. The van der Waals surface area contributed by atoms with E-state index in [1.165, 1.54) is 4.90 Å². The number of rotatable bonds is 3. The van der Waals surface area contributed by atoms with E-state index in [4.69, 9.17) is 0 Å². The Morgan fingerprint density at radius 3 is 2.64 bits per heavy atom. The molecule has 174 valence electrons. The number of fused-ring (bicyclic) bond motifs is 2. The van der Waals surface area contributed by atoms with Gasteiger partial charge in [-0.3, -0.25) is 14.4 Å². The number of aryl methyl sites for hydroxylation is 2. The Morgan fingerprint density at radius 1 is 1.09 bits per heavy atom. The van der Waals surface area contributed by atoms with Crippen molar-refractivity contribution < 1.29 is 19.5 Å². The topological polar surface area (TPSA) is 81.2 Å². The largest absolute Gasteiger partial charge is 0.395 e. The molecule has 33 heavy (non-hydrogen) atoms. The smallest absolute Gasteiger partial charge is 0.251 e. The third kappa shape index (κ3) is 3.18. The SMILES string of the molecule is Cc1ccc(C)c(N2CC=C[C@]34S[C@@H]5C=CCN(C)C(=O)[C@@H]5[C@H]3C(=O)N(CCO)C4C2=O)c1. The Labute approximate surface area is 198 Å². The quantitative estimate of drug-likeness (QED) is 0.682. The lowest BCUT2D eigenvalue weighted by molar-refractivity contribution is -0.142. The van der Waals surface area contributed by atoms with Crippen LogP contribution in [0.4, 0.5) is 5.69 Å². The van der Waals surface area contributed by atoms with E-state index < -0.39 is 22.6 Å². The van der Waals surface area contributed by atoms with Crippen LogP contribution >= 0.6 is 11.8 Å². The Balaban J connectivity index is 1.64. The summed E-state index contributed by atoms with van der Waals surface area (Å²) in [6, 6.07) is 5.24. The molecule has 7 nitrogen and oxygen atoms in total. The molecule has 3 amide bonds. The van der Waals surface area contributed by atoms with Crippen molar-refractivity contribution in [2.45, 2.75) is 29.9 Å². The summed E-state index contributed by atoms with van der Waals surface area (Å²) >= 11 is 1.56. The first-order valence-electron chi connectivity index (χ1n) is 11.4. The van der Waals surface area contributed by atoms with Crippen molar-refractivity contribution in [1.82, 2.24) is 9.80 Å². The summed E-state index contributed by atoms with van der Waals surface area (Å²) in [4.78, 5) is 46.2. The lowest BCUT2D eigenvalue weighted by Gasteiger charge is -2.35. The third-order valence-corrected chi connectivity index (χ3v) is 9.10. The van der Waals surface area contributed by atoms with Crippen molar-refractivity contribution >= 4 is 35.2 Å². The highest BCUT2D eigenvalue weighted by molar-refractivity contribution is 8.02. The molecule has 1 unspecified atom stereocenters. The molecule has 4 aliphatic rings. The second-order valence-electron chi connectivity index (χ2n) is 9.39. The van der Waals surface area contributed by atoms with Gasteiger partial charge in [-0.25, -0.2) is 0 Å². The lowest BCUT2D eigenvalue weighted by Crippen LogP contribution is -2.54. The molecule has 4 aliphatic heterocycles. The molecule has 0 bridgehead atoms. The summed E-state index contributed by atoms with van der Waals surface area (Å²) in [6.07, 6.45) is 7.97. The van der Waals surface area contributed by atoms with Crippen LogP contribution in [0.1, 0.15) is 11.1 Å². The maximum atomic E-state index is 14.2. The van der Waals surface area contributed by atoms with Crippen LogP contribution in [0, 0.1) is 25.7 Å². The van der Waals surface area contributed by atoms with Crippen molar-refractivity contribution in [3.05, 3.63) is 53.6 Å². The minimum atomic E-state index is -0.844. The van der Waals surface area contributed by atoms with Crippen LogP contribution in [-0.4, -0.2) is 82.0 Å². The van der Waals surface area contributed by atoms with Crippen LogP contribution in [0.15, 0.2) is 42.5 Å². The zero-order valence-corrected chi connectivity index (χ0v) is 19.9. The number of likely N-dealkylation sites (tertiary alicyclic amines) is 1. The van der Waals surface area contributed by atoms with E-state index in [2.05, 4.69) is 0 Å². The first kappa shape index (κ1) is 22.2. The molecule has 8 heteroatoms. The van der Waals surface area contributed by atoms with Gasteiger partial charge in [-0.05, 0) is 31.0 Å². The fourth-order valence-corrected chi connectivity index (χ4v) is 7.84. The minimum Gasteiger partial charge on any atom is -0.395 e. The summed E-state index contributed by atoms with van der Waals surface area (Å²) < 4.78 is -0.844. The number of β-amino-alcohol motifs (C(OH)–C–C–N with tert-alkyl or cyclic N) is 1. The summed E-state index contributed by atoms with van der Waals surface area (Å²) in [5.41, 5.74) is 2.86. The molecule has 0 aliphatic carbocycles. The van der Waals surface area contributed by atoms with E-state index in [9.17, 15) is 19.5 Å². The number of carbonyl (C=O) groups excluding carboxylic acids is 3. The number of carbonyl (C=O) groups is 3. The van der Waals surface area contributed by atoms with Gasteiger partial charge in [0.05, 0.1) is 23.2 Å². The van der Waals surface area contributed by atoms with Gasteiger partial charge >= 0.3 is 0 Å². The number of nitrogens with zero attached hydrogens (tertiary/aromatic N) is 3. The van der Waals surface area contributed by atoms with Gasteiger partial charge in [-0.1, -0.05) is 36.4 Å². The number of likely N-dealkylation sites (N-methyl/N-ethyl adjacent to an activating group) is 1. The number of amides is 3. The van der Waals surface area contributed by atoms with Crippen LogP contribution in [0.2, 0.25) is 0 Å². The monoisotopic (exact) mass is 467 g/mol. The summed E-state index contributed by atoms with van der Waals surface area (Å²) in [5, 5.41) is 9.59. The summed E-state index contributed by atoms with van der Waals surface area (Å²) in [6.45, 7) is 4.71. The predicted molar refractivity (Wildman–Crippen MR) is 128 cm³/mol. The number of anilines is 1. The average molecular weight is 468 g/mol. The molecule has 1 aromatic rings. The van der Waals surface area contributed by atoms with Crippen LogP contribution < -0.4 is 4.90 Å². The standard InChI is InChI=1S/C25H29N3O4S/c1-15-7-8-16(2)17(14-15)27-11-5-9-25-20(23(31)28(12-13-29)21(25)24(27)32)19-18(33-25)6-4-10-26(3)22(19)30/h4-9,14,18-21,29H,10-13H2,1-3H3/t18-,19+,20+,21?,25+/m1/s1. The highest BCUT2D eigenvalue weighted by atomic mass is 32.2. The second-order valence-corrected chi connectivity index (χ2v) is 10.9. The van der Waals surface area contributed by atoms with E-state index in [1.807, 2.05) is 56.4 Å². The molecule has 4 heterocycles. The van der Waals surface area contributed by atoms with Gasteiger partial charge in [0.2, 0.25) is 11.8 Å². The summed E-state index contributed by atoms with van der Waals surface area (Å²) in [7, 11) is 1.75. The predicted octanol–water partition coefficient (Wildman–Crippen LogP) is 1.52. The minimum absolute atomic E-state index is 0.0613. The van der Waals surface area contributed by atoms with Crippen molar-refractivity contribution in [1.29, 1.82) is 0 Å². The van der Waals surface area contributed by atoms with E-state index in [0.29, 0.717) is 13.1 Å². The number of aliphatic hydroxyl groups excluding tert-OH is 1. The Bertz CT molecular complexity index is 1090. The van der Waals surface area contributed by atoms with Crippen LogP contribution in [0.3, 0.4) is 0 Å². The van der Waals surface area contributed by atoms with Gasteiger partial charge in [0.15, 0.2) is 0 Å². The molecular formula is C25H29N3O4S. The third-order valence-electron chi connectivity index (χ3n) is 7.36. The van der Waals surface area contributed by atoms with E-state index >= 15 is 0 Å². The van der Waals surface area contributed by atoms with Crippen molar-refractivity contribution in [3.8, 4) is 0 Å². The van der Waals surface area contributed by atoms with Gasteiger partial charge in [0, 0.05) is 37.6 Å². The van der Waals surface area contributed by atoms with Crippen molar-refractivity contribution in [2.24, 2.45) is 11.8 Å². The van der Waals surface area contributed by atoms with Gasteiger partial charge in [-0.15, -0.1) is 11.8 Å². The van der Waals surface area contributed by atoms with Gasteiger partial charge < -0.3 is 19.8 Å². The van der Waals surface area contributed by atoms with E-state index in [0.717, 1.165) is 16.8 Å². The van der Waals surface area contributed by atoms with E-state index in [-0.39, 0.29) is 36.1 Å². The normalized spacial score (nSPS) is 33.2. The number of benzene rings is 1. The fourth-order valence-electron chi connectivity index (χ4n) is 5.84. The second kappa shape index (κ2) is 8.02. The van der Waals surface area contributed by atoms with Gasteiger partial charge in [0.1, 0.15) is 6.04 Å². The molecule has 2 saturated heterocycles. The first-order valence-corrected chi connectivity index (χ1v) is 12.2. The lowest BCUT2D eigenvalue weighted by atomic mass is 9.78. The number of thioether (sulfide) groups is 1. The van der Waals surface area contributed by atoms with Crippen LogP contribution in [-0.2, 0) is 14.4 Å². The van der Waals surface area contributed by atoms with Crippen molar-refractivity contribution in [2.75, 3.05) is 38.2 Å². The van der Waals surface area contributed by atoms with Crippen LogP contribution in [0.5, 0.6) is 0 Å². The summed E-state index contributed by atoms with van der Waals surface area (Å²) in [5.74, 6) is -1.60. The highest BCUT2D eigenvalue weighted by Crippen LogP contribution is 2.61. The van der Waals surface area contributed by atoms with Gasteiger partial charge in [0.25, 0.3) is 5.91 Å². The number of aliphatic hydroxyl groups is 1. The zero-order chi connectivity index (χ0) is 23.5. The first-order chi connectivity index (χ1) is 15.8. The molecule has 1 aromatic carbocycles. The Morgan fingerprint density at radius 2 is 1.88 bits per heavy atom. The molecule has 0 radical (unpaired) electrons. The van der Waals surface area contributed by atoms with Crippen molar-refractivity contribution in [3.63, 3.8) is 0 Å². The zero-order valence-electron chi connectivity index (χ0n) is 19.1. The molecule has 0 saturated carbocycles. The molecule has 0 aromatic heterocycles. The maximum absolute atomic E-state index is 14.2. The number of hydrogen-bond donors (Lipinski definition) is 1. The highest BCUT2D eigenvalue weighted by Gasteiger charge is 2.70.